The molecule has 2 rings (SSSR count). The molecule has 2 aliphatic rings. The van der Waals surface area contributed by atoms with Crippen LogP contribution in [0.25, 0.3) is 0 Å². The van der Waals surface area contributed by atoms with Gasteiger partial charge in [-0.25, -0.2) is 0 Å². The lowest BCUT2D eigenvalue weighted by Gasteiger charge is -2.37. The maximum absolute atomic E-state index is 5.93. The highest BCUT2D eigenvalue weighted by Gasteiger charge is 2.31. The maximum atomic E-state index is 5.93. The Kier molecular flexibility index (Phi) is 4.27. The third kappa shape index (κ3) is 3.84. The fraction of sp³-hybridized carbons (Fsp3) is 1.00. The highest BCUT2D eigenvalue weighted by molar-refractivity contribution is 8.17. The minimum atomic E-state index is -0.368. The van der Waals surface area contributed by atoms with E-state index < -0.39 is 0 Å². The second-order valence-corrected chi connectivity index (χ2v) is 7.46. The Balaban J connectivity index is 1.78. The second kappa shape index (κ2) is 5.30. The van der Waals surface area contributed by atoms with Gasteiger partial charge in [-0.1, -0.05) is 0 Å². The molecule has 0 bridgehead atoms. The zero-order chi connectivity index (χ0) is 10.7. The van der Waals surface area contributed by atoms with E-state index in [9.17, 15) is 0 Å². The number of thioether (sulfide) groups is 2. The van der Waals surface area contributed by atoms with Gasteiger partial charge in [0.2, 0.25) is 0 Å². The Morgan fingerprint density at radius 2 is 2.00 bits per heavy atom. The van der Waals surface area contributed by atoms with Gasteiger partial charge in [0.05, 0.1) is 17.3 Å². The highest BCUT2D eigenvalue weighted by Crippen LogP contribution is 2.36. The molecule has 15 heavy (non-hydrogen) atoms. The molecule has 2 saturated heterocycles. The van der Waals surface area contributed by atoms with Gasteiger partial charge in [0.15, 0.2) is 5.79 Å². The molecule has 2 aliphatic heterocycles. The lowest BCUT2D eigenvalue weighted by atomic mass is 10.1. The van der Waals surface area contributed by atoms with E-state index in [1.807, 2.05) is 13.8 Å². The van der Waals surface area contributed by atoms with Crippen LogP contribution in [0.3, 0.4) is 0 Å². The van der Waals surface area contributed by atoms with Crippen molar-refractivity contribution in [3.8, 4) is 0 Å². The smallest absolute Gasteiger partial charge is 0.163 e. The Bertz CT molecular complexity index is 203. The number of ether oxygens (including phenoxy) is 2. The molecule has 0 saturated carbocycles. The fourth-order valence-electron chi connectivity index (χ4n) is 1.98. The van der Waals surface area contributed by atoms with Crippen molar-refractivity contribution in [1.82, 2.24) is 0 Å². The van der Waals surface area contributed by atoms with E-state index in [0.717, 1.165) is 17.6 Å². The van der Waals surface area contributed by atoms with Crippen LogP contribution in [0.1, 0.15) is 33.1 Å². The molecule has 0 radical (unpaired) electrons. The van der Waals surface area contributed by atoms with Crippen LogP contribution < -0.4 is 0 Å². The molecule has 4 heteroatoms. The van der Waals surface area contributed by atoms with Gasteiger partial charge in [-0.3, -0.25) is 0 Å². The second-order valence-electron chi connectivity index (χ2n) is 4.54. The van der Waals surface area contributed by atoms with Gasteiger partial charge in [0.1, 0.15) is 0 Å². The molecule has 1 atom stereocenters. The molecule has 2 heterocycles. The van der Waals surface area contributed by atoms with Gasteiger partial charge in [0.25, 0.3) is 0 Å². The van der Waals surface area contributed by atoms with Crippen molar-refractivity contribution in [2.75, 3.05) is 18.1 Å². The van der Waals surface area contributed by atoms with Crippen LogP contribution in [0.15, 0.2) is 0 Å². The number of hydrogen-bond acceptors (Lipinski definition) is 4. The summed E-state index contributed by atoms with van der Waals surface area (Å²) in [6, 6.07) is 0. The predicted octanol–water partition coefficient (Wildman–Crippen LogP) is 3.11. The van der Waals surface area contributed by atoms with Crippen molar-refractivity contribution < 1.29 is 9.47 Å². The highest BCUT2D eigenvalue weighted by atomic mass is 32.2. The van der Waals surface area contributed by atoms with E-state index in [-0.39, 0.29) is 5.79 Å². The van der Waals surface area contributed by atoms with Gasteiger partial charge in [0, 0.05) is 0 Å². The zero-order valence-electron chi connectivity index (χ0n) is 9.53. The Morgan fingerprint density at radius 1 is 1.27 bits per heavy atom. The SMILES string of the molecule is CC1(C)OCC[C@H](CC2SCCCS2)O1. The normalized spacial score (nSPS) is 32.8. The molecule has 0 spiro atoms. The van der Waals surface area contributed by atoms with Crippen LogP contribution in [-0.2, 0) is 9.47 Å². The van der Waals surface area contributed by atoms with Gasteiger partial charge in [-0.05, 0) is 44.6 Å². The van der Waals surface area contributed by atoms with E-state index in [0.29, 0.717) is 6.10 Å². The average Bonchev–Trinajstić information content (AvgIpc) is 2.17. The van der Waals surface area contributed by atoms with E-state index in [2.05, 4.69) is 23.5 Å². The quantitative estimate of drug-likeness (QED) is 0.747. The Hall–Kier alpha value is 0.620. The van der Waals surface area contributed by atoms with Crippen molar-refractivity contribution in [2.45, 2.75) is 49.6 Å². The molecule has 0 amide bonds. The van der Waals surface area contributed by atoms with Crippen molar-refractivity contribution in [2.24, 2.45) is 0 Å². The topological polar surface area (TPSA) is 18.5 Å². The number of rotatable bonds is 2. The first-order valence-corrected chi connectivity index (χ1v) is 7.80. The number of hydrogen-bond donors (Lipinski definition) is 0. The molecule has 0 aromatic rings. The van der Waals surface area contributed by atoms with Crippen LogP contribution >= 0.6 is 23.5 Å². The molecule has 0 aliphatic carbocycles. The Morgan fingerprint density at radius 3 is 2.67 bits per heavy atom. The van der Waals surface area contributed by atoms with Crippen LogP contribution in [0.2, 0.25) is 0 Å². The summed E-state index contributed by atoms with van der Waals surface area (Å²) in [7, 11) is 0. The molecule has 0 aromatic carbocycles. The summed E-state index contributed by atoms with van der Waals surface area (Å²) in [5, 5.41) is 0. The van der Waals surface area contributed by atoms with Crippen molar-refractivity contribution >= 4 is 23.5 Å². The summed E-state index contributed by atoms with van der Waals surface area (Å²) < 4.78 is 12.2. The molecule has 88 valence electrons. The standard InChI is InChI=1S/C11H20O2S2/c1-11(2)12-5-4-9(13-11)8-10-14-6-3-7-15-10/h9-10H,3-8H2,1-2H3/t9-/m1/s1. The minimum absolute atomic E-state index is 0.368. The molecule has 2 nitrogen and oxygen atoms in total. The summed E-state index contributed by atoms with van der Waals surface area (Å²) >= 11 is 4.20. The summed E-state index contributed by atoms with van der Waals surface area (Å²) in [4.78, 5) is 0. The largest absolute Gasteiger partial charge is 0.350 e. The first kappa shape index (κ1) is 12.1. The first-order chi connectivity index (χ1) is 7.16. The van der Waals surface area contributed by atoms with E-state index in [1.54, 1.807) is 0 Å². The van der Waals surface area contributed by atoms with E-state index >= 15 is 0 Å². The summed E-state index contributed by atoms with van der Waals surface area (Å²) in [6.07, 6.45) is 4.01. The van der Waals surface area contributed by atoms with Gasteiger partial charge < -0.3 is 9.47 Å². The summed E-state index contributed by atoms with van der Waals surface area (Å²) in [6.45, 7) is 4.88. The van der Waals surface area contributed by atoms with E-state index in [1.165, 1.54) is 24.3 Å². The first-order valence-electron chi connectivity index (χ1n) is 5.71. The van der Waals surface area contributed by atoms with Gasteiger partial charge in [-0.2, -0.15) is 0 Å². The monoisotopic (exact) mass is 248 g/mol. The lowest BCUT2D eigenvalue weighted by molar-refractivity contribution is -0.273. The third-order valence-corrected chi connectivity index (χ3v) is 5.69. The predicted molar refractivity (Wildman–Crippen MR) is 67.5 cm³/mol. The molecule has 0 unspecified atom stereocenters. The van der Waals surface area contributed by atoms with E-state index in [4.69, 9.17) is 9.47 Å². The Labute approximate surface area is 101 Å². The van der Waals surface area contributed by atoms with Crippen LogP contribution in [0.4, 0.5) is 0 Å². The van der Waals surface area contributed by atoms with Gasteiger partial charge >= 0.3 is 0 Å². The summed E-state index contributed by atoms with van der Waals surface area (Å²) in [5.74, 6) is 2.28. The third-order valence-electron chi connectivity index (χ3n) is 2.69. The molecular formula is C11H20O2S2. The average molecular weight is 248 g/mol. The van der Waals surface area contributed by atoms with Crippen molar-refractivity contribution in [1.29, 1.82) is 0 Å². The minimum Gasteiger partial charge on any atom is -0.350 e. The zero-order valence-corrected chi connectivity index (χ0v) is 11.2. The molecule has 2 fully saturated rings. The van der Waals surface area contributed by atoms with Crippen molar-refractivity contribution in [3.05, 3.63) is 0 Å². The molecule has 0 N–H and O–H groups in total. The van der Waals surface area contributed by atoms with Crippen LogP contribution in [0.5, 0.6) is 0 Å². The van der Waals surface area contributed by atoms with Crippen LogP contribution in [0, 0.1) is 0 Å². The fourth-order valence-corrected chi connectivity index (χ4v) is 4.98. The maximum Gasteiger partial charge on any atom is 0.163 e. The van der Waals surface area contributed by atoms with Crippen molar-refractivity contribution in [3.63, 3.8) is 0 Å². The van der Waals surface area contributed by atoms with Gasteiger partial charge in [-0.15, -0.1) is 23.5 Å². The van der Waals surface area contributed by atoms with Crippen LogP contribution in [-0.4, -0.2) is 34.6 Å². The molecular weight excluding hydrogens is 228 g/mol. The lowest BCUT2D eigenvalue weighted by Crippen LogP contribution is -2.40. The molecule has 0 aromatic heterocycles. The summed E-state index contributed by atoms with van der Waals surface area (Å²) in [5.41, 5.74) is 0.